The molecular formula is C13H19ClFN5O3. The lowest BCUT2D eigenvalue weighted by atomic mass is 10.1. The molecule has 1 aromatic carbocycles. The predicted octanol–water partition coefficient (Wildman–Crippen LogP) is 0.373. The highest BCUT2D eigenvalue weighted by Gasteiger charge is 2.21. The SMILES string of the molecule is Cl.Nc1c(C(=O)NCCN2CCNCC2)cc(F)cc1[N+](=O)[O-]. The number of nitro benzene ring substituents is 1. The van der Waals surface area contributed by atoms with E-state index in [4.69, 9.17) is 5.73 Å². The zero-order valence-corrected chi connectivity index (χ0v) is 13.2. The molecule has 1 aliphatic rings. The van der Waals surface area contributed by atoms with E-state index < -0.39 is 22.3 Å². The van der Waals surface area contributed by atoms with Gasteiger partial charge in [-0.25, -0.2) is 4.39 Å². The maximum absolute atomic E-state index is 13.4. The van der Waals surface area contributed by atoms with E-state index in [1.54, 1.807) is 0 Å². The Bertz CT molecular complexity index is 581. The van der Waals surface area contributed by atoms with Crippen LogP contribution in [0.15, 0.2) is 12.1 Å². The molecule has 8 nitrogen and oxygen atoms in total. The molecule has 0 radical (unpaired) electrons. The van der Waals surface area contributed by atoms with Crippen molar-refractivity contribution in [3.63, 3.8) is 0 Å². The molecule has 1 heterocycles. The Balaban J connectivity index is 0.00000264. The number of anilines is 1. The van der Waals surface area contributed by atoms with Gasteiger partial charge in [0.15, 0.2) is 0 Å². The number of nitrogens with two attached hydrogens (primary N) is 1. The van der Waals surface area contributed by atoms with Crippen LogP contribution < -0.4 is 16.4 Å². The molecule has 1 amide bonds. The summed E-state index contributed by atoms with van der Waals surface area (Å²) in [6, 6.07) is 1.61. The molecule has 1 saturated heterocycles. The predicted molar refractivity (Wildman–Crippen MR) is 86.4 cm³/mol. The summed E-state index contributed by atoms with van der Waals surface area (Å²) in [6.07, 6.45) is 0. The minimum atomic E-state index is -0.867. The maximum Gasteiger partial charge on any atom is 0.295 e. The molecule has 1 fully saturated rings. The second kappa shape index (κ2) is 8.61. The zero-order chi connectivity index (χ0) is 16.1. The van der Waals surface area contributed by atoms with Crippen LogP contribution in [0.2, 0.25) is 0 Å². The lowest BCUT2D eigenvalue weighted by molar-refractivity contribution is -0.384. The van der Waals surface area contributed by atoms with E-state index in [0.29, 0.717) is 19.2 Å². The van der Waals surface area contributed by atoms with E-state index in [0.717, 1.165) is 32.2 Å². The quantitative estimate of drug-likeness (QED) is 0.403. The first kappa shape index (κ1) is 19.1. The van der Waals surface area contributed by atoms with Gasteiger partial charge in [0.2, 0.25) is 0 Å². The highest BCUT2D eigenvalue weighted by molar-refractivity contribution is 6.01. The molecule has 0 bridgehead atoms. The molecular weight excluding hydrogens is 329 g/mol. The van der Waals surface area contributed by atoms with Crippen LogP contribution in [0.5, 0.6) is 0 Å². The lowest BCUT2D eigenvalue weighted by Crippen LogP contribution is -2.46. The molecule has 0 atom stereocenters. The molecule has 4 N–H and O–H groups in total. The molecule has 1 aromatic rings. The van der Waals surface area contributed by atoms with Gasteiger partial charge < -0.3 is 16.4 Å². The van der Waals surface area contributed by atoms with Crippen molar-refractivity contribution in [2.75, 3.05) is 45.0 Å². The van der Waals surface area contributed by atoms with Crippen LogP contribution in [0.3, 0.4) is 0 Å². The average Bonchev–Trinajstić information content (AvgIpc) is 2.50. The van der Waals surface area contributed by atoms with Crippen LogP contribution in [0.4, 0.5) is 15.8 Å². The summed E-state index contributed by atoms with van der Waals surface area (Å²) >= 11 is 0. The summed E-state index contributed by atoms with van der Waals surface area (Å²) in [5.74, 6) is -1.48. The van der Waals surface area contributed by atoms with Gasteiger partial charge in [-0.05, 0) is 6.07 Å². The number of benzene rings is 1. The van der Waals surface area contributed by atoms with Crippen molar-refractivity contribution in [3.8, 4) is 0 Å². The fourth-order valence-corrected chi connectivity index (χ4v) is 2.30. The summed E-state index contributed by atoms with van der Waals surface area (Å²) in [5, 5.41) is 16.6. The Morgan fingerprint density at radius 1 is 1.43 bits per heavy atom. The number of nitro groups is 1. The number of piperazine rings is 1. The van der Waals surface area contributed by atoms with Crippen molar-refractivity contribution in [3.05, 3.63) is 33.6 Å². The van der Waals surface area contributed by atoms with E-state index in [9.17, 15) is 19.3 Å². The molecule has 2 rings (SSSR count). The number of halogens is 2. The third kappa shape index (κ3) is 5.02. The number of nitrogen functional groups attached to an aromatic ring is 1. The van der Waals surface area contributed by atoms with Crippen molar-refractivity contribution in [1.29, 1.82) is 0 Å². The van der Waals surface area contributed by atoms with Crippen molar-refractivity contribution in [2.45, 2.75) is 0 Å². The molecule has 0 aliphatic carbocycles. The van der Waals surface area contributed by atoms with Crippen LogP contribution in [-0.2, 0) is 0 Å². The molecule has 1 aliphatic heterocycles. The van der Waals surface area contributed by atoms with Crippen LogP contribution >= 0.6 is 12.4 Å². The van der Waals surface area contributed by atoms with E-state index in [2.05, 4.69) is 15.5 Å². The fourth-order valence-electron chi connectivity index (χ4n) is 2.30. The fraction of sp³-hybridized carbons (Fsp3) is 0.462. The molecule has 0 saturated carbocycles. The van der Waals surface area contributed by atoms with Crippen LogP contribution in [0.25, 0.3) is 0 Å². The van der Waals surface area contributed by atoms with Gasteiger partial charge >= 0.3 is 0 Å². The van der Waals surface area contributed by atoms with Gasteiger partial charge in [-0.1, -0.05) is 0 Å². The first-order valence-corrected chi connectivity index (χ1v) is 6.93. The van der Waals surface area contributed by atoms with Gasteiger partial charge in [0, 0.05) is 39.3 Å². The first-order valence-electron chi connectivity index (χ1n) is 6.93. The Hall–Kier alpha value is -1.97. The number of hydrogen-bond acceptors (Lipinski definition) is 6. The number of amides is 1. The van der Waals surface area contributed by atoms with Gasteiger partial charge in [0.25, 0.3) is 11.6 Å². The Kier molecular flexibility index (Phi) is 7.14. The minimum absolute atomic E-state index is 0. The molecule has 0 aromatic heterocycles. The maximum atomic E-state index is 13.4. The Morgan fingerprint density at radius 3 is 2.70 bits per heavy atom. The largest absolute Gasteiger partial charge is 0.393 e. The van der Waals surface area contributed by atoms with Gasteiger partial charge in [-0.3, -0.25) is 19.8 Å². The van der Waals surface area contributed by atoms with Gasteiger partial charge in [-0.15, -0.1) is 12.4 Å². The highest BCUT2D eigenvalue weighted by atomic mass is 35.5. The van der Waals surface area contributed by atoms with Crippen molar-refractivity contribution in [1.82, 2.24) is 15.5 Å². The van der Waals surface area contributed by atoms with Crippen molar-refractivity contribution < 1.29 is 14.1 Å². The van der Waals surface area contributed by atoms with Crippen LogP contribution in [-0.4, -0.2) is 55.0 Å². The summed E-state index contributed by atoms with van der Waals surface area (Å²) in [6.45, 7) is 4.61. The average molecular weight is 348 g/mol. The minimum Gasteiger partial charge on any atom is -0.393 e. The molecule has 10 heteroatoms. The first-order chi connectivity index (χ1) is 10.5. The number of nitrogens with one attached hydrogen (secondary N) is 2. The molecule has 0 spiro atoms. The van der Waals surface area contributed by atoms with Crippen LogP contribution in [0.1, 0.15) is 10.4 Å². The van der Waals surface area contributed by atoms with E-state index in [1.807, 2.05) is 0 Å². The molecule has 23 heavy (non-hydrogen) atoms. The molecule has 128 valence electrons. The van der Waals surface area contributed by atoms with Crippen LogP contribution in [0, 0.1) is 15.9 Å². The standard InChI is InChI=1S/C13H18FN5O3.ClH/c14-9-7-10(12(15)11(8-9)19(21)22)13(20)17-3-6-18-4-1-16-2-5-18;/h7-8,16H,1-6,15H2,(H,17,20);1H. The van der Waals surface area contributed by atoms with Crippen molar-refractivity contribution in [2.24, 2.45) is 0 Å². The van der Waals surface area contributed by atoms with Crippen molar-refractivity contribution >= 4 is 29.7 Å². The lowest BCUT2D eigenvalue weighted by Gasteiger charge is -2.27. The van der Waals surface area contributed by atoms with E-state index >= 15 is 0 Å². The number of carbonyl (C=O) groups excluding carboxylic acids is 1. The molecule has 0 unspecified atom stereocenters. The third-order valence-corrected chi connectivity index (χ3v) is 3.49. The van der Waals surface area contributed by atoms with Gasteiger partial charge in [0.05, 0.1) is 16.6 Å². The number of rotatable bonds is 5. The third-order valence-electron chi connectivity index (χ3n) is 3.49. The number of nitrogens with zero attached hydrogens (tertiary/aromatic N) is 2. The topological polar surface area (TPSA) is 114 Å². The zero-order valence-electron chi connectivity index (χ0n) is 12.4. The van der Waals surface area contributed by atoms with E-state index in [1.165, 1.54) is 0 Å². The monoisotopic (exact) mass is 347 g/mol. The Morgan fingerprint density at radius 2 is 2.09 bits per heavy atom. The number of hydrogen-bond donors (Lipinski definition) is 3. The smallest absolute Gasteiger partial charge is 0.295 e. The second-order valence-electron chi connectivity index (χ2n) is 4.99. The summed E-state index contributed by atoms with van der Waals surface area (Å²) in [5.41, 5.74) is 4.43. The number of carbonyl (C=O) groups is 1. The van der Waals surface area contributed by atoms with Gasteiger partial charge in [0.1, 0.15) is 11.5 Å². The normalized spacial score (nSPS) is 14.8. The van der Waals surface area contributed by atoms with E-state index in [-0.39, 0.29) is 23.7 Å². The summed E-state index contributed by atoms with van der Waals surface area (Å²) in [7, 11) is 0. The Labute approximate surface area is 138 Å². The second-order valence-corrected chi connectivity index (χ2v) is 4.99. The van der Waals surface area contributed by atoms with Gasteiger partial charge in [-0.2, -0.15) is 0 Å². The highest BCUT2D eigenvalue weighted by Crippen LogP contribution is 2.26. The summed E-state index contributed by atoms with van der Waals surface area (Å²) in [4.78, 5) is 24.2. The summed E-state index contributed by atoms with van der Waals surface area (Å²) < 4.78 is 13.4.